The molecule has 0 aromatic heterocycles. The number of halogens is 1. The Labute approximate surface area is 156 Å². The van der Waals surface area contributed by atoms with Crippen molar-refractivity contribution in [2.24, 2.45) is 0 Å². The number of fused-ring (bicyclic) bond motifs is 1. The van der Waals surface area contributed by atoms with Crippen LogP contribution in [0.3, 0.4) is 0 Å². The summed E-state index contributed by atoms with van der Waals surface area (Å²) in [5.41, 5.74) is 1.38. The van der Waals surface area contributed by atoms with E-state index >= 15 is 0 Å². The van der Waals surface area contributed by atoms with E-state index in [2.05, 4.69) is 10.6 Å². The molecule has 1 aliphatic heterocycles. The van der Waals surface area contributed by atoms with Crippen LogP contribution in [0.15, 0.2) is 42.5 Å². The van der Waals surface area contributed by atoms with Crippen molar-refractivity contribution in [1.29, 1.82) is 0 Å². The van der Waals surface area contributed by atoms with E-state index in [4.69, 9.17) is 21.1 Å². The Bertz CT molecular complexity index is 825. The van der Waals surface area contributed by atoms with Crippen molar-refractivity contribution in [3.63, 3.8) is 0 Å². The van der Waals surface area contributed by atoms with Crippen LogP contribution in [-0.4, -0.2) is 32.1 Å². The molecule has 0 radical (unpaired) electrons. The summed E-state index contributed by atoms with van der Waals surface area (Å²) >= 11 is 6.02. The van der Waals surface area contributed by atoms with E-state index in [0.717, 1.165) is 5.56 Å². The van der Waals surface area contributed by atoms with Crippen LogP contribution in [0, 0.1) is 0 Å². The van der Waals surface area contributed by atoms with E-state index in [1.165, 1.54) is 0 Å². The second-order valence-electron chi connectivity index (χ2n) is 5.83. The zero-order chi connectivity index (χ0) is 18.5. The number of benzene rings is 2. The second kappa shape index (κ2) is 8.10. The van der Waals surface area contributed by atoms with Crippen molar-refractivity contribution in [3.05, 3.63) is 53.1 Å². The first-order valence-corrected chi connectivity index (χ1v) is 8.59. The third-order valence-corrected chi connectivity index (χ3v) is 4.42. The minimum Gasteiger partial charge on any atom is -0.497 e. The van der Waals surface area contributed by atoms with Crippen molar-refractivity contribution >= 4 is 29.1 Å². The van der Waals surface area contributed by atoms with Crippen LogP contribution < -0.4 is 20.1 Å². The van der Waals surface area contributed by atoms with Crippen LogP contribution in [0.2, 0.25) is 5.02 Å². The summed E-state index contributed by atoms with van der Waals surface area (Å²) in [5.74, 6) is 0.233. The van der Waals surface area contributed by atoms with Crippen molar-refractivity contribution < 1.29 is 19.1 Å². The maximum atomic E-state index is 12.6. The summed E-state index contributed by atoms with van der Waals surface area (Å²) in [6.45, 7) is 0.584. The number of hydrogen-bond donors (Lipinski definition) is 2. The number of carbonyl (C=O) groups is 2. The van der Waals surface area contributed by atoms with E-state index in [9.17, 15) is 9.59 Å². The van der Waals surface area contributed by atoms with Gasteiger partial charge < -0.3 is 20.1 Å². The quantitative estimate of drug-likeness (QED) is 0.762. The topological polar surface area (TPSA) is 76.7 Å². The lowest BCUT2D eigenvalue weighted by molar-refractivity contribution is -0.126. The van der Waals surface area contributed by atoms with Gasteiger partial charge in [0.2, 0.25) is 11.8 Å². The molecule has 1 heterocycles. The maximum absolute atomic E-state index is 12.6. The number of methoxy groups -OCH3 is 1. The van der Waals surface area contributed by atoms with Crippen LogP contribution in [0.5, 0.6) is 11.5 Å². The molecule has 2 aromatic carbocycles. The van der Waals surface area contributed by atoms with Gasteiger partial charge in [-0.1, -0.05) is 23.7 Å². The van der Waals surface area contributed by atoms with Gasteiger partial charge in [-0.2, -0.15) is 0 Å². The molecule has 0 unspecified atom stereocenters. The SMILES string of the molecule is COc1ccc2c(c1)[C@H](C(=O)NCCOc1ccccc1Cl)CC(=O)N2. The molecule has 0 fully saturated rings. The third kappa shape index (κ3) is 4.08. The zero-order valence-corrected chi connectivity index (χ0v) is 15.0. The minimum atomic E-state index is -0.561. The first-order valence-electron chi connectivity index (χ1n) is 8.21. The molecule has 1 atom stereocenters. The van der Waals surface area contributed by atoms with Gasteiger partial charge in [0.1, 0.15) is 18.1 Å². The lowest BCUT2D eigenvalue weighted by atomic mass is 9.89. The molecule has 7 heteroatoms. The van der Waals surface area contributed by atoms with E-state index in [1.807, 2.05) is 12.1 Å². The average molecular weight is 375 g/mol. The van der Waals surface area contributed by atoms with Gasteiger partial charge in [0, 0.05) is 12.1 Å². The summed E-state index contributed by atoms with van der Waals surface area (Å²) in [6.07, 6.45) is 0.0946. The molecule has 0 aliphatic carbocycles. The Balaban J connectivity index is 1.61. The minimum absolute atomic E-state index is 0.0946. The fourth-order valence-corrected chi connectivity index (χ4v) is 3.01. The molecule has 1 aliphatic rings. The van der Waals surface area contributed by atoms with E-state index in [1.54, 1.807) is 37.4 Å². The van der Waals surface area contributed by atoms with Crippen LogP contribution in [-0.2, 0) is 9.59 Å². The molecular formula is C19H19ClN2O4. The number of carbonyl (C=O) groups excluding carboxylic acids is 2. The zero-order valence-electron chi connectivity index (χ0n) is 14.3. The molecule has 2 N–H and O–H groups in total. The Morgan fingerprint density at radius 2 is 2.12 bits per heavy atom. The van der Waals surface area contributed by atoms with Crippen LogP contribution in [0.25, 0.3) is 0 Å². The Kier molecular flexibility index (Phi) is 5.63. The van der Waals surface area contributed by atoms with Crippen LogP contribution in [0.4, 0.5) is 5.69 Å². The Morgan fingerprint density at radius 1 is 1.31 bits per heavy atom. The second-order valence-corrected chi connectivity index (χ2v) is 6.24. The van der Waals surface area contributed by atoms with Gasteiger partial charge in [-0.3, -0.25) is 9.59 Å². The van der Waals surface area contributed by atoms with E-state index in [-0.39, 0.29) is 24.8 Å². The highest BCUT2D eigenvalue weighted by atomic mass is 35.5. The maximum Gasteiger partial charge on any atom is 0.228 e. The van der Waals surface area contributed by atoms with Crippen molar-refractivity contribution in [2.45, 2.75) is 12.3 Å². The highest BCUT2D eigenvalue weighted by Gasteiger charge is 2.30. The van der Waals surface area contributed by atoms with Gasteiger partial charge in [0.25, 0.3) is 0 Å². The van der Waals surface area contributed by atoms with Crippen LogP contribution >= 0.6 is 11.6 Å². The number of nitrogens with one attached hydrogen (secondary N) is 2. The summed E-state index contributed by atoms with van der Waals surface area (Å²) in [6, 6.07) is 12.4. The molecule has 2 amide bonds. The fraction of sp³-hybridized carbons (Fsp3) is 0.263. The number of ether oxygens (including phenoxy) is 2. The number of amides is 2. The van der Waals surface area contributed by atoms with Gasteiger partial charge >= 0.3 is 0 Å². The number of hydrogen-bond acceptors (Lipinski definition) is 4. The Morgan fingerprint density at radius 3 is 2.88 bits per heavy atom. The monoisotopic (exact) mass is 374 g/mol. The van der Waals surface area contributed by atoms with E-state index in [0.29, 0.717) is 28.8 Å². The molecule has 0 spiro atoms. The predicted molar refractivity (Wildman–Crippen MR) is 98.9 cm³/mol. The fourth-order valence-electron chi connectivity index (χ4n) is 2.82. The number of anilines is 1. The average Bonchev–Trinajstić information content (AvgIpc) is 2.65. The van der Waals surface area contributed by atoms with Gasteiger partial charge in [-0.05, 0) is 35.9 Å². The van der Waals surface area contributed by atoms with Crippen molar-refractivity contribution in [3.8, 4) is 11.5 Å². The summed E-state index contributed by atoms with van der Waals surface area (Å²) in [4.78, 5) is 24.5. The lowest BCUT2D eigenvalue weighted by Gasteiger charge is -2.25. The smallest absolute Gasteiger partial charge is 0.228 e. The Hall–Kier alpha value is -2.73. The molecular weight excluding hydrogens is 356 g/mol. The predicted octanol–water partition coefficient (Wildman–Crippen LogP) is 2.97. The molecule has 2 aromatic rings. The highest BCUT2D eigenvalue weighted by Crippen LogP contribution is 2.35. The highest BCUT2D eigenvalue weighted by molar-refractivity contribution is 6.32. The molecule has 6 nitrogen and oxygen atoms in total. The molecule has 0 saturated carbocycles. The molecule has 26 heavy (non-hydrogen) atoms. The largest absolute Gasteiger partial charge is 0.497 e. The summed E-state index contributed by atoms with van der Waals surface area (Å²) in [5, 5.41) is 6.11. The number of para-hydroxylation sites is 1. The van der Waals surface area contributed by atoms with Crippen molar-refractivity contribution in [2.75, 3.05) is 25.6 Å². The standard InChI is InChI=1S/C19H19ClN2O4/c1-25-12-6-7-16-13(10-12)14(11-18(23)22-16)19(24)21-8-9-26-17-5-3-2-4-15(17)20/h2-7,10,14H,8-9,11H2,1H3,(H,21,24)(H,22,23)/t14-/m1/s1. The molecule has 136 valence electrons. The van der Waals surface area contributed by atoms with Crippen LogP contribution in [0.1, 0.15) is 17.9 Å². The van der Waals surface area contributed by atoms with Gasteiger partial charge in [-0.25, -0.2) is 0 Å². The molecule has 3 rings (SSSR count). The summed E-state index contributed by atoms with van der Waals surface area (Å²) in [7, 11) is 1.56. The van der Waals surface area contributed by atoms with Gasteiger partial charge in [0.05, 0.1) is 24.6 Å². The summed E-state index contributed by atoms with van der Waals surface area (Å²) < 4.78 is 10.8. The lowest BCUT2D eigenvalue weighted by Crippen LogP contribution is -2.36. The third-order valence-electron chi connectivity index (χ3n) is 4.11. The van der Waals surface area contributed by atoms with Gasteiger partial charge in [0.15, 0.2) is 0 Å². The van der Waals surface area contributed by atoms with Crippen molar-refractivity contribution in [1.82, 2.24) is 5.32 Å². The first-order chi connectivity index (χ1) is 12.6. The van der Waals surface area contributed by atoms with Gasteiger partial charge in [-0.15, -0.1) is 0 Å². The molecule has 0 bridgehead atoms. The molecule has 0 saturated heterocycles. The number of rotatable bonds is 6. The normalized spacial score (nSPS) is 15.6. The van der Waals surface area contributed by atoms with E-state index < -0.39 is 5.92 Å². The first kappa shape index (κ1) is 18.1.